The molecule has 24 heavy (non-hydrogen) atoms. The van der Waals surface area contributed by atoms with Gasteiger partial charge in [-0.05, 0) is 58.3 Å². The molecule has 0 atom stereocenters. The van der Waals surface area contributed by atoms with E-state index in [1.165, 1.54) is 0 Å². The molecule has 2 rings (SSSR count). The third-order valence-corrected chi connectivity index (χ3v) is 4.18. The smallest absolute Gasteiger partial charge is 0.276 e. The highest BCUT2D eigenvalue weighted by Gasteiger charge is 2.29. The van der Waals surface area contributed by atoms with E-state index in [-0.39, 0.29) is 12.5 Å². The molecular weight excluding hydrogens is 392 g/mol. The van der Waals surface area contributed by atoms with E-state index in [9.17, 15) is 4.79 Å². The van der Waals surface area contributed by atoms with Gasteiger partial charge in [0, 0.05) is 6.54 Å². The Morgan fingerprint density at radius 2 is 2.25 bits per heavy atom. The monoisotopic (exact) mass is 408 g/mol. The molecule has 1 aliphatic heterocycles. The van der Waals surface area contributed by atoms with Gasteiger partial charge < -0.3 is 14.8 Å². The zero-order valence-electron chi connectivity index (χ0n) is 13.4. The number of methoxy groups -OCH3 is 1. The predicted molar refractivity (Wildman–Crippen MR) is 101 cm³/mol. The molecule has 1 heterocycles. The highest BCUT2D eigenvalue weighted by molar-refractivity contribution is 9.10. The number of benzene rings is 1. The van der Waals surface area contributed by atoms with Gasteiger partial charge in [0.05, 0.1) is 11.6 Å². The second kappa shape index (κ2) is 8.18. The van der Waals surface area contributed by atoms with Crippen LogP contribution in [0.3, 0.4) is 0 Å². The fourth-order valence-corrected chi connectivity index (χ4v) is 3.10. The largest absolute Gasteiger partial charge is 0.493 e. The lowest BCUT2D eigenvalue weighted by molar-refractivity contribution is -0.122. The van der Waals surface area contributed by atoms with E-state index in [1.807, 2.05) is 13.0 Å². The molecular formula is C17H17BrN2O3S. The first kappa shape index (κ1) is 18.3. The molecule has 0 unspecified atom stereocenters. The van der Waals surface area contributed by atoms with Crippen molar-refractivity contribution >= 4 is 45.2 Å². The standard InChI is InChI=1S/C17H17BrN2O3S/c1-4-6-20-16(21)13(19-17(20)24)9-11-8-12(18)15(23-7-5-2)14(10-11)22-3/h2,8-10H,4,6-7H2,1,3H3,(H,19,24)/b13-9-. The number of carbonyl (C=O) groups is 1. The highest BCUT2D eigenvalue weighted by atomic mass is 79.9. The van der Waals surface area contributed by atoms with Gasteiger partial charge in [0.1, 0.15) is 12.3 Å². The summed E-state index contributed by atoms with van der Waals surface area (Å²) in [6, 6.07) is 3.59. The maximum Gasteiger partial charge on any atom is 0.276 e. The Hall–Kier alpha value is -2.04. The molecule has 126 valence electrons. The number of terminal acetylenes is 1. The number of thiocarbonyl (C=S) groups is 1. The first-order valence-electron chi connectivity index (χ1n) is 7.30. The zero-order valence-corrected chi connectivity index (χ0v) is 15.8. The van der Waals surface area contributed by atoms with Crippen molar-refractivity contribution in [2.75, 3.05) is 20.3 Å². The number of hydrogen-bond acceptors (Lipinski definition) is 4. The van der Waals surface area contributed by atoms with Gasteiger partial charge in [0.25, 0.3) is 5.91 Å². The summed E-state index contributed by atoms with van der Waals surface area (Å²) in [5.74, 6) is 3.31. The van der Waals surface area contributed by atoms with Crippen LogP contribution in [0.2, 0.25) is 0 Å². The summed E-state index contributed by atoms with van der Waals surface area (Å²) in [7, 11) is 1.54. The van der Waals surface area contributed by atoms with Crippen LogP contribution >= 0.6 is 28.1 Å². The van der Waals surface area contributed by atoms with Gasteiger partial charge >= 0.3 is 0 Å². The minimum atomic E-state index is -0.135. The molecule has 0 aliphatic carbocycles. The molecule has 1 N–H and O–H groups in total. The van der Waals surface area contributed by atoms with Crippen molar-refractivity contribution in [2.45, 2.75) is 13.3 Å². The number of amides is 1. The quantitative estimate of drug-likeness (QED) is 0.445. The molecule has 0 radical (unpaired) electrons. The van der Waals surface area contributed by atoms with Gasteiger partial charge in [-0.3, -0.25) is 9.69 Å². The van der Waals surface area contributed by atoms with E-state index >= 15 is 0 Å². The summed E-state index contributed by atoms with van der Waals surface area (Å²) in [5, 5.41) is 3.37. The molecule has 1 aliphatic rings. The minimum Gasteiger partial charge on any atom is -0.493 e. The van der Waals surface area contributed by atoms with Gasteiger partial charge in [-0.15, -0.1) is 6.42 Å². The van der Waals surface area contributed by atoms with E-state index in [0.29, 0.717) is 33.3 Å². The first-order valence-corrected chi connectivity index (χ1v) is 8.50. The van der Waals surface area contributed by atoms with Crippen LogP contribution in [0.5, 0.6) is 11.5 Å². The van der Waals surface area contributed by atoms with Crippen LogP contribution < -0.4 is 14.8 Å². The molecule has 1 aromatic carbocycles. The number of rotatable bonds is 6. The van der Waals surface area contributed by atoms with Gasteiger partial charge in [0.2, 0.25) is 0 Å². The number of halogens is 1. The molecule has 1 amide bonds. The molecule has 0 aromatic heterocycles. The Kier molecular flexibility index (Phi) is 6.23. The SMILES string of the molecule is C#CCOc1c(Br)cc(/C=C2\NC(=S)N(CCC)C2=O)cc1OC. The molecule has 0 spiro atoms. The lowest BCUT2D eigenvalue weighted by Gasteiger charge is -2.12. The Morgan fingerprint density at radius 3 is 2.88 bits per heavy atom. The molecule has 0 bridgehead atoms. The summed E-state index contributed by atoms with van der Waals surface area (Å²) in [6.45, 7) is 2.72. The van der Waals surface area contributed by atoms with Crippen molar-refractivity contribution in [2.24, 2.45) is 0 Å². The first-order chi connectivity index (χ1) is 11.5. The van der Waals surface area contributed by atoms with Crippen LogP contribution in [0.15, 0.2) is 22.3 Å². The maximum atomic E-state index is 12.4. The van der Waals surface area contributed by atoms with Crippen molar-refractivity contribution in [1.82, 2.24) is 10.2 Å². The van der Waals surface area contributed by atoms with Crippen LogP contribution in [0.25, 0.3) is 6.08 Å². The summed E-state index contributed by atoms with van der Waals surface area (Å²) < 4.78 is 11.5. The zero-order chi connectivity index (χ0) is 17.7. The third-order valence-electron chi connectivity index (χ3n) is 3.27. The average Bonchev–Trinajstić information content (AvgIpc) is 2.81. The normalized spacial score (nSPS) is 15.4. The van der Waals surface area contributed by atoms with E-state index in [0.717, 1.165) is 12.0 Å². The van der Waals surface area contributed by atoms with Crippen LogP contribution in [-0.4, -0.2) is 36.2 Å². The molecule has 1 saturated heterocycles. The Balaban J connectivity index is 2.33. The molecule has 0 saturated carbocycles. The van der Waals surface area contributed by atoms with E-state index < -0.39 is 0 Å². The predicted octanol–water partition coefficient (Wildman–Crippen LogP) is 2.94. The summed E-state index contributed by atoms with van der Waals surface area (Å²) in [4.78, 5) is 13.9. The van der Waals surface area contributed by atoms with Crippen molar-refractivity contribution in [1.29, 1.82) is 0 Å². The summed E-state index contributed by atoms with van der Waals surface area (Å²) >= 11 is 8.64. The summed E-state index contributed by atoms with van der Waals surface area (Å²) in [5.41, 5.74) is 1.20. The second-order valence-electron chi connectivity index (χ2n) is 4.97. The summed E-state index contributed by atoms with van der Waals surface area (Å²) in [6.07, 6.45) is 7.78. The molecule has 7 heteroatoms. The average molecular weight is 409 g/mol. The van der Waals surface area contributed by atoms with Crippen LogP contribution in [-0.2, 0) is 4.79 Å². The minimum absolute atomic E-state index is 0.135. The lowest BCUT2D eigenvalue weighted by atomic mass is 10.1. The Labute approximate surface area is 155 Å². The topological polar surface area (TPSA) is 50.8 Å². The lowest BCUT2D eigenvalue weighted by Crippen LogP contribution is -2.31. The van der Waals surface area contributed by atoms with E-state index in [2.05, 4.69) is 27.2 Å². The number of ether oxygens (including phenoxy) is 2. The van der Waals surface area contributed by atoms with E-state index in [1.54, 1.807) is 24.2 Å². The van der Waals surface area contributed by atoms with Gasteiger partial charge in [0.15, 0.2) is 16.6 Å². The third kappa shape index (κ3) is 3.89. The Bertz CT molecular complexity index is 740. The van der Waals surface area contributed by atoms with Crippen molar-refractivity contribution in [3.8, 4) is 23.8 Å². The second-order valence-corrected chi connectivity index (χ2v) is 6.21. The molecule has 1 fully saturated rings. The maximum absolute atomic E-state index is 12.4. The number of carbonyl (C=O) groups excluding carboxylic acids is 1. The molecule has 5 nitrogen and oxygen atoms in total. The van der Waals surface area contributed by atoms with Crippen LogP contribution in [0, 0.1) is 12.3 Å². The number of nitrogens with zero attached hydrogens (tertiary/aromatic N) is 1. The number of nitrogens with one attached hydrogen (secondary N) is 1. The van der Waals surface area contributed by atoms with E-state index in [4.69, 9.17) is 28.1 Å². The fourth-order valence-electron chi connectivity index (χ4n) is 2.24. The van der Waals surface area contributed by atoms with Crippen LogP contribution in [0.1, 0.15) is 18.9 Å². The van der Waals surface area contributed by atoms with Gasteiger partial charge in [-0.1, -0.05) is 12.8 Å². The Morgan fingerprint density at radius 1 is 1.50 bits per heavy atom. The molecule has 1 aromatic rings. The van der Waals surface area contributed by atoms with Gasteiger partial charge in [-0.2, -0.15) is 0 Å². The van der Waals surface area contributed by atoms with Crippen LogP contribution in [0.4, 0.5) is 0 Å². The fraction of sp³-hybridized carbons (Fsp3) is 0.294. The van der Waals surface area contributed by atoms with Gasteiger partial charge in [-0.25, -0.2) is 0 Å². The van der Waals surface area contributed by atoms with Crippen molar-refractivity contribution < 1.29 is 14.3 Å². The van der Waals surface area contributed by atoms with Crippen molar-refractivity contribution in [3.05, 3.63) is 27.9 Å². The number of hydrogen-bond donors (Lipinski definition) is 1. The highest BCUT2D eigenvalue weighted by Crippen LogP contribution is 2.37. The van der Waals surface area contributed by atoms with Crippen molar-refractivity contribution in [3.63, 3.8) is 0 Å².